The van der Waals surface area contributed by atoms with Gasteiger partial charge in [-0.1, -0.05) is 0 Å². The summed E-state index contributed by atoms with van der Waals surface area (Å²) in [5, 5.41) is 12.3. The second kappa shape index (κ2) is 5.42. The van der Waals surface area contributed by atoms with Crippen molar-refractivity contribution in [1.29, 1.82) is 0 Å². The fourth-order valence-corrected chi connectivity index (χ4v) is 2.52. The molecule has 1 amide bonds. The third kappa shape index (κ3) is 2.33. The van der Waals surface area contributed by atoms with Gasteiger partial charge in [-0.25, -0.2) is 9.37 Å². The molecule has 2 aromatic heterocycles. The normalized spacial score (nSPS) is 10.9. The fourth-order valence-electron chi connectivity index (χ4n) is 2.20. The van der Waals surface area contributed by atoms with Gasteiger partial charge >= 0.3 is 0 Å². The van der Waals surface area contributed by atoms with Crippen molar-refractivity contribution in [3.8, 4) is 17.0 Å². The third-order valence-electron chi connectivity index (χ3n) is 3.25. The molecule has 112 valence electrons. The van der Waals surface area contributed by atoms with Crippen LogP contribution in [0.25, 0.3) is 16.9 Å². The number of fused-ring (bicyclic) bond motifs is 1. The number of carbonyl (C=O) groups excluding carboxylic acids is 1. The lowest BCUT2D eigenvalue weighted by Crippen LogP contribution is -2.20. The van der Waals surface area contributed by atoms with Crippen molar-refractivity contribution < 1.29 is 14.3 Å². The maximum absolute atomic E-state index is 13.1. The number of pyridine rings is 1. The summed E-state index contributed by atoms with van der Waals surface area (Å²) in [6.07, 6.45) is 1.56. The van der Waals surface area contributed by atoms with Crippen molar-refractivity contribution in [2.45, 2.75) is 0 Å². The van der Waals surface area contributed by atoms with Crippen molar-refractivity contribution in [3.05, 3.63) is 52.5 Å². The standard InChI is InChI=1S/C15H11BrFN3O2/c1-18-15(22)14-13(8-2-4-9(17)5-3-8)19-12-6-11(21)10(16)7-20(12)14/h2-7,21H,1H3,(H,18,22). The molecule has 0 fully saturated rings. The molecule has 3 rings (SSSR count). The summed E-state index contributed by atoms with van der Waals surface area (Å²) in [6, 6.07) is 7.17. The molecule has 0 radical (unpaired) electrons. The maximum atomic E-state index is 13.1. The van der Waals surface area contributed by atoms with Gasteiger partial charge < -0.3 is 10.4 Å². The summed E-state index contributed by atoms with van der Waals surface area (Å²) in [5.74, 6) is -0.676. The van der Waals surface area contributed by atoms with Crippen LogP contribution >= 0.6 is 15.9 Å². The summed E-state index contributed by atoms with van der Waals surface area (Å²) in [7, 11) is 1.52. The Bertz CT molecular complexity index is 875. The van der Waals surface area contributed by atoms with E-state index >= 15 is 0 Å². The molecule has 3 aromatic rings. The molecule has 22 heavy (non-hydrogen) atoms. The van der Waals surface area contributed by atoms with E-state index < -0.39 is 0 Å². The Labute approximate surface area is 133 Å². The molecule has 1 aromatic carbocycles. The van der Waals surface area contributed by atoms with Gasteiger partial charge in [-0.05, 0) is 40.2 Å². The summed E-state index contributed by atoms with van der Waals surface area (Å²) in [4.78, 5) is 16.6. The fraction of sp³-hybridized carbons (Fsp3) is 0.0667. The highest BCUT2D eigenvalue weighted by Crippen LogP contribution is 2.30. The number of nitrogens with one attached hydrogen (secondary N) is 1. The molecule has 0 unspecified atom stereocenters. The monoisotopic (exact) mass is 363 g/mol. The van der Waals surface area contributed by atoms with Gasteiger partial charge in [0.15, 0.2) is 0 Å². The zero-order valence-corrected chi connectivity index (χ0v) is 13.1. The van der Waals surface area contributed by atoms with E-state index in [1.807, 2.05) is 0 Å². The number of nitrogens with zero attached hydrogens (tertiary/aromatic N) is 2. The number of amides is 1. The van der Waals surface area contributed by atoms with E-state index in [0.29, 0.717) is 27.1 Å². The smallest absolute Gasteiger partial charge is 0.270 e. The molecule has 2 heterocycles. The van der Waals surface area contributed by atoms with E-state index in [0.717, 1.165) is 0 Å². The van der Waals surface area contributed by atoms with Crippen molar-refractivity contribution in [1.82, 2.24) is 14.7 Å². The van der Waals surface area contributed by atoms with Gasteiger partial charge in [0.25, 0.3) is 5.91 Å². The van der Waals surface area contributed by atoms with Gasteiger partial charge in [-0.3, -0.25) is 9.20 Å². The Morgan fingerprint density at radius 3 is 2.68 bits per heavy atom. The first-order chi connectivity index (χ1) is 10.5. The molecular formula is C15H11BrFN3O2. The number of hydrogen-bond acceptors (Lipinski definition) is 3. The van der Waals surface area contributed by atoms with Crippen LogP contribution < -0.4 is 5.32 Å². The highest BCUT2D eigenvalue weighted by molar-refractivity contribution is 9.10. The molecule has 0 saturated heterocycles. The van der Waals surface area contributed by atoms with E-state index in [1.54, 1.807) is 22.7 Å². The molecule has 0 aliphatic heterocycles. The van der Waals surface area contributed by atoms with Crippen LogP contribution in [0.15, 0.2) is 41.0 Å². The average Bonchev–Trinajstić information content (AvgIpc) is 2.86. The van der Waals surface area contributed by atoms with Crippen LogP contribution in [0.4, 0.5) is 4.39 Å². The average molecular weight is 364 g/mol. The molecule has 7 heteroatoms. The lowest BCUT2D eigenvalue weighted by atomic mass is 10.1. The third-order valence-corrected chi connectivity index (χ3v) is 3.86. The van der Waals surface area contributed by atoms with Gasteiger partial charge in [0, 0.05) is 24.9 Å². The molecule has 0 spiro atoms. The Morgan fingerprint density at radius 1 is 1.36 bits per heavy atom. The van der Waals surface area contributed by atoms with Gasteiger partial charge in [-0.15, -0.1) is 0 Å². The predicted molar refractivity (Wildman–Crippen MR) is 83.3 cm³/mol. The number of imidazole rings is 1. The second-order valence-corrected chi connectivity index (χ2v) is 5.48. The SMILES string of the molecule is CNC(=O)c1c(-c2ccc(F)cc2)nc2cc(O)c(Br)cn12. The van der Waals surface area contributed by atoms with Crippen LogP contribution in [0, 0.1) is 5.82 Å². The Balaban J connectivity index is 2.33. The summed E-state index contributed by atoms with van der Waals surface area (Å²) in [6.45, 7) is 0. The van der Waals surface area contributed by atoms with Crippen LogP contribution in [-0.4, -0.2) is 27.4 Å². The number of carbonyl (C=O) groups is 1. The van der Waals surface area contributed by atoms with Crippen LogP contribution in [-0.2, 0) is 0 Å². The Hall–Kier alpha value is -2.41. The number of halogens is 2. The van der Waals surface area contributed by atoms with Crippen LogP contribution in [0.3, 0.4) is 0 Å². The lowest BCUT2D eigenvalue weighted by molar-refractivity contribution is 0.0958. The number of benzene rings is 1. The summed E-state index contributed by atoms with van der Waals surface area (Å²) < 4.78 is 15.1. The topological polar surface area (TPSA) is 66.6 Å². The quantitative estimate of drug-likeness (QED) is 0.735. The van der Waals surface area contributed by atoms with Gasteiger partial charge in [0.05, 0.1) is 4.47 Å². The Kier molecular flexibility index (Phi) is 3.58. The van der Waals surface area contributed by atoms with E-state index in [4.69, 9.17) is 0 Å². The first kappa shape index (κ1) is 14.5. The lowest BCUT2D eigenvalue weighted by Gasteiger charge is -2.05. The zero-order valence-electron chi connectivity index (χ0n) is 11.5. The molecule has 0 aliphatic rings. The number of rotatable bonds is 2. The molecule has 5 nitrogen and oxygen atoms in total. The number of aromatic nitrogens is 2. The molecule has 0 saturated carbocycles. The van der Waals surface area contributed by atoms with Gasteiger partial charge in [-0.2, -0.15) is 0 Å². The minimum Gasteiger partial charge on any atom is -0.507 e. The van der Waals surface area contributed by atoms with Crippen LogP contribution in [0.2, 0.25) is 0 Å². The molecule has 0 atom stereocenters. The second-order valence-electron chi connectivity index (χ2n) is 4.63. The summed E-state index contributed by atoms with van der Waals surface area (Å²) in [5.41, 5.74) is 1.75. The van der Waals surface area contributed by atoms with Crippen molar-refractivity contribution in [3.63, 3.8) is 0 Å². The van der Waals surface area contributed by atoms with E-state index in [-0.39, 0.29) is 17.5 Å². The zero-order chi connectivity index (χ0) is 15.9. The predicted octanol–water partition coefficient (Wildman–Crippen LogP) is 2.97. The minimum absolute atomic E-state index is 0.0200. The van der Waals surface area contributed by atoms with Gasteiger partial charge in [0.2, 0.25) is 0 Å². The molecule has 2 N–H and O–H groups in total. The first-order valence-corrected chi connectivity index (χ1v) is 7.19. The molecule has 0 bridgehead atoms. The minimum atomic E-state index is -0.366. The molecular weight excluding hydrogens is 353 g/mol. The number of hydrogen-bond donors (Lipinski definition) is 2. The first-order valence-electron chi connectivity index (χ1n) is 6.40. The van der Waals surface area contributed by atoms with Gasteiger partial charge in [0.1, 0.15) is 28.6 Å². The molecule has 0 aliphatic carbocycles. The van der Waals surface area contributed by atoms with Crippen LogP contribution in [0.1, 0.15) is 10.5 Å². The largest absolute Gasteiger partial charge is 0.507 e. The van der Waals surface area contributed by atoms with Crippen molar-refractivity contribution in [2.24, 2.45) is 0 Å². The highest BCUT2D eigenvalue weighted by Gasteiger charge is 2.20. The highest BCUT2D eigenvalue weighted by atomic mass is 79.9. The van der Waals surface area contributed by atoms with Crippen LogP contribution in [0.5, 0.6) is 5.75 Å². The maximum Gasteiger partial charge on any atom is 0.270 e. The van der Waals surface area contributed by atoms with Crippen molar-refractivity contribution in [2.75, 3.05) is 7.05 Å². The van der Waals surface area contributed by atoms with Crippen molar-refractivity contribution >= 4 is 27.5 Å². The van der Waals surface area contributed by atoms with E-state index in [1.165, 1.54) is 25.2 Å². The number of aromatic hydroxyl groups is 1. The summed E-state index contributed by atoms with van der Waals surface area (Å²) >= 11 is 3.22. The van der Waals surface area contributed by atoms with E-state index in [9.17, 15) is 14.3 Å². The Morgan fingerprint density at radius 2 is 2.05 bits per heavy atom. The van der Waals surface area contributed by atoms with E-state index in [2.05, 4.69) is 26.2 Å².